The van der Waals surface area contributed by atoms with Gasteiger partial charge in [0.25, 0.3) is 0 Å². The molecule has 18 heavy (non-hydrogen) atoms. The van der Waals surface area contributed by atoms with Crippen LogP contribution in [0.25, 0.3) is 0 Å². The number of benzene rings is 1. The van der Waals surface area contributed by atoms with E-state index in [-0.39, 0.29) is 28.2 Å². The van der Waals surface area contributed by atoms with Crippen LogP contribution >= 0.6 is 23.2 Å². The maximum absolute atomic E-state index is 11.6. The zero-order chi connectivity index (χ0) is 13.1. The van der Waals surface area contributed by atoms with Crippen LogP contribution in [-0.2, 0) is 11.3 Å². The summed E-state index contributed by atoms with van der Waals surface area (Å²) < 4.78 is 1.37. The molecular weight excluding hydrogens is 279 g/mol. The lowest BCUT2D eigenvalue weighted by atomic mass is 10.3. The first-order chi connectivity index (χ1) is 8.56. The van der Waals surface area contributed by atoms with Crippen molar-refractivity contribution in [2.75, 3.05) is 5.32 Å². The minimum atomic E-state index is -0.307. The van der Waals surface area contributed by atoms with Gasteiger partial charge in [0.05, 0.1) is 10.0 Å². The predicted octanol–water partition coefficient (Wildman–Crippen LogP) is 1.93. The highest BCUT2D eigenvalue weighted by Crippen LogP contribution is 2.34. The second-order valence-corrected chi connectivity index (χ2v) is 4.24. The molecule has 0 saturated heterocycles. The molecular formula is C10H8Cl2N4O2. The fraction of sp³-hybridized carbons (Fsp3) is 0.100. The average molecular weight is 287 g/mol. The Balaban J connectivity index is 2.07. The van der Waals surface area contributed by atoms with Crippen molar-refractivity contribution in [1.29, 1.82) is 0 Å². The van der Waals surface area contributed by atoms with Gasteiger partial charge in [-0.2, -0.15) is 5.10 Å². The summed E-state index contributed by atoms with van der Waals surface area (Å²) in [6, 6.07) is 2.81. The molecule has 8 heteroatoms. The van der Waals surface area contributed by atoms with E-state index in [2.05, 4.69) is 15.4 Å². The molecule has 0 aliphatic rings. The Morgan fingerprint density at radius 1 is 1.39 bits per heavy atom. The van der Waals surface area contributed by atoms with Gasteiger partial charge in [0.2, 0.25) is 5.91 Å². The number of anilines is 1. The van der Waals surface area contributed by atoms with Gasteiger partial charge in [-0.1, -0.05) is 23.2 Å². The van der Waals surface area contributed by atoms with Crippen molar-refractivity contribution in [2.24, 2.45) is 0 Å². The van der Waals surface area contributed by atoms with Crippen molar-refractivity contribution in [1.82, 2.24) is 14.8 Å². The van der Waals surface area contributed by atoms with Gasteiger partial charge in [-0.05, 0) is 12.1 Å². The van der Waals surface area contributed by atoms with E-state index in [1.165, 1.54) is 29.5 Å². The molecule has 0 bridgehead atoms. The smallest absolute Gasteiger partial charge is 0.246 e. The van der Waals surface area contributed by atoms with Gasteiger partial charge in [-0.25, -0.2) is 9.67 Å². The topological polar surface area (TPSA) is 80.0 Å². The molecule has 1 aromatic heterocycles. The molecule has 2 rings (SSSR count). The van der Waals surface area contributed by atoms with Crippen LogP contribution in [-0.4, -0.2) is 25.8 Å². The minimum Gasteiger partial charge on any atom is -0.505 e. The molecule has 1 aromatic carbocycles. The predicted molar refractivity (Wildman–Crippen MR) is 66.8 cm³/mol. The van der Waals surface area contributed by atoms with Gasteiger partial charge in [-0.15, -0.1) is 0 Å². The first-order valence-corrected chi connectivity index (χ1v) is 5.62. The molecule has 1 heterocycles. The lowest BCUT2D eigenvalue weighted by molar-refractivity contribution is -0.116. The maximum Gasteiger partial charge on any atom is 0.246 e. The molecule has 0 aliphatic carbocycles. The highest BCUT2D eigenvalue weighted by Gasteiger charge is 2.09. The number of aromatic hydroxyl groups is 1. The molecule has 1 amide bonds. The van der Waals surface area contributed by atoms with Crippen LogP contribution in [0, 0.1) is 0 Å². The summed E-state index contributed by atoms with van der Waals surface area (Å²) in [5, 5.41) is 15.9. The van der Waals surface area contributed by atoms with E-state index in [4.69, 9.17) is 23.2 Å². The number of phenols is 1. The Morgan fingerprint density at radius 3 is 2.61 bits per heavy atom. The summed E-state index contributed by atoms with van der Waals surface area (Å²) >= 11 is 11.5. The lowest BCUT2D eigenvalue weighted by Crippen LogP contribution is -2.19. The Hall–Kier alpha value is -1.79. The minimum absolute atomic E-state index is 0.0239. The first-order valence-electron chi connectivity index (χ1n) is 4.86. The van der Waals surface area contributed by atoms with Crippen LogP contribution in [0.4, 0.5) is 5.69 Å². The number of aromatic nitrogens is 3. The SMILES string of the molecule is O=C(Cn1cncn1)Nc1cc(Cl)c(O)c(Cl)c1. The van der Waals surface area contributed by atoms with Gasteiger partial charge < -0.3 is 10.4 Å². The molecule has 0 spiro atoms. The monoisotopic (exact) mass is 286 g/mol. The number of amides is 1. The van der Waals surface area contributed by atoms with Crippen molar-refractivity contribution in [3.8, 4) is 5.75 Å². The fourth-order valence-electron chi connectivity index (χ4n) is 1.30. The van der Waals surface area contributed by atoms with Gasteiger partial charge in [-0.3, -0.25) is 4.79 Å². The summed E-state index contributed by atoms with van der Waals surface area (Å²) in [6.45, 7) is 0.0239. The largest absolute Gasteiger partial charge is 0.505 e. The Morgan fingerprint density at radius 2 is 2.06 bits per heavy atom. The molecule has 0 saturated carbocycles. The Kier molecular flexibility index (Phi) is 3.69. The van der Waals surface area contributed by atoms with Crippen LogP contribution < -0.4 is 5.32 Å². The van der Waals surface area contributed by atoms with E-state index in [1.807, 2.05) is 0 Å². The number of phenolic OH excluding ortho intramolecular Hbond substituents is 1. The highest BCUT2D eigenvalue weighted by molar-refractivity contribution is 6.37. The fourth-order valence-corrected chi connectivity index (χ4v) is 1.79. The number of carbonyl (C=O) groups excluding carboxylic acids is 1. The number of hydrogen-bond acceptors (Lipinski definition) is 4. The number of nitrogens with zero attached hydrogens (tertiary/aromatic N) is 3. The van der Waals surface area contributed by atoms with Crippen LogP contribution in [0.2, 0.25) is 10.0 Å². The molecule has 2 N–H and O–H groups in total. The van der Waals surface area contributed by atoms with Crippen LogP contribution in [0.15, 0.2) is 24.8 Å². The van der Waals surface area contributed by atoms with Crippen molar-refractivity contribution in [3.63, 3.8) is 0 Å². The quantitative estimate of drug-likeness (QED) is 0.845. The summed E-state index contributed by atoms with van der Waals surface area (Å²) in [6.07, 6.45) is 2.76. The first kappa shape index (κ1) is 12.7. The molecule has 0 fully saturated rings. The van der Waals surface area contributed by atoms with E-state index in [0.717, 1.165) is 0 Å². The third-order valence-corrected chi connectivity index (χ3v) is 2.65. The Labute approximate surface area is 112 Å². The van der Waals surface area contributed by atoms with Crippen molar-refractivity contribution in [3.05, 3.63) is 34.8 Å². The molecule has 0 atom stereocenters. The highest BCUT2D eigenvalue weighted by atomic mass is 35.5. The van der Waals surface area contributed by atoms with E-state index in [1.54, 1.807) is 0 Å². The van der Waals surface area contributed by atoms with Crippen LogP contribution in [0.3, 0.4) is 0 Å². The number of hydrogen-bond donors (Lipinski definition) is 2. The van der Waals surface area contributed by atoms with Crippen LogP contribution in [0.1, 0.15) is 0 Å². The van der Waals surface area contributed by atoms with Gasteiger partial charge >= 0.3 is 0 Å². The molecule has 6 nitrogen and oxygen atoms in total. The third kappa shape index (κ3) is 2.91. The maximum atomic E-state index is 11.6. The third-order valence-electron chi connectivity index (χ3n) is 2.07. The second-order valence-electron chi connectivity index (χ2n) is 3.43. The van der Waals surface area contributed by atoms with Crippen molar-refractivity contribution in [2.45, 2.75) is 6.54 Å². The zero-order valence-electron chi connectivity index (χ0n) is 8.97. The van der Waals surface area contributed by atoms with Crippen LogP contribution in [0.5, 0.6) is 5.75 Å². The molecule has 2 aromatic rings. The van der Waals surface area contributed by atoms with E-state index >= 15 is 0 Å². The van der Waals surface area contributed by atoms with E-state index in [0.29, 0.717) is 5.69 Å². The molecule has 0 aliphatic heterocycles. The Bertz CT molecular complexity index is 548. The zero-order valence-corrected chi connectivity index (χ0v) is 10.5. The van der Waals surface area contributed by atoms with Gasteiger partial charge in [0.1, 0.15) is 19.2 Å². The second kappa shape index (κ2) is 5.24. The number of nitrogens with one attached hydrogen (secondary N) is 1. The molecule has 0 radical (unpaired) electrons. The summed E-state index contributed by atoms with van der Waals surface area (Å²) in [5.74, 6) is -0.522. The normalized spacial score (nSPS) is 10.3. The number of halogens is 2. The number of carbonyl (C=O) groups is 1. The van der Waals surface area contributed by atoms with Gasteiger partial charge in [0.15, 0.2) is 5.75 Å². The van der Waals surface area contributed by atoms with Crippen molar-refractivity contribution >= 4 is 34.8 Å². The molecule has 94 valence electrons. The molecule has 0 unspecified atom stereocenters. The summed E-state index contributed by atoms with van der Waals surface area (Å²) in [4.78, 5) is 15.4. The summed E-state index contributed by atoms with van der Waals surface area (Å²) in [7, 11) is 0. The van der Waals surface area contributed by atoms with Crippen molar-refractivity contribution < 1.29 is 9.90 Å². The average Bonchev–Trinajstić information content (AvgIpc) is 2.78. The lowest BCUT2D eigenvalue weighted by Gasteiger charge is -2.07. The van der Waals surface area contributed by atoms with E-state index < -0.39 is 0 Å². The number of rotatable bonds is 3. The van der Waals surface area contributed by atoms with E-state index in [9.17, 15) is 9.90 Å². The van der Waals surface area contributed by atoms with Gasteiger partial charge in [0, 0.05) is 5.69 Å². The standard InChI is InChI=1S/C10H8Cl2N4O2/c11-7-1-6(2-8(12)10(7)18)15-9(17)3-16-5-13-4-14-16/h1-2,4-5,18H,3H2,(H,15,17). The summed E-state index contributed by atoms with van der Waals surface area (Å²) in [5.41, 5.74) is 0.396.